The zero-order valence-electron chi connectivity index (χ0n) is 15.0. The maximum absolute atomic E-state index is 12.5. The fourth-order valence-corrected chi connectivity index (χ4v) is 3.89. The highest BCUT2D eigenvalue weighted by Gasteiger charge is 2.10. The Morgan fingerprint density at radius 1 is 0.786 bits per heavy atom. The average molecular weight is 386 g/mol. The van der Waals surface area contributed by atoms with Gasteiger partial charge in [-0.2, -0.15) is 0 Å². The van der Waals surface area contributed by atoms with Crippen molar-refractivity contribution in [1.82, 2.24) is 5.32 Å². The summed E-state index contributed by atoms with van der Waals surface area (Å²) in [7, 11) is 0. The quantitative estimate of drug-likeness (QED) is 0.502. The van der Waals surface area contributed by atoms with Crippen molar-refractivity contribution in [2.75, 3.05) is 5.32 Å². The van der Waals surface area contributed by atoms with Crippen LogP contribution in [-0.4, -0.2) is 11.8 Å². The molecule has 2 N–H and O–H groups in total. The van der Waals surface area contributed by atoms with Crippen LogP contribution >= 0.6 is 11.3 Å². The summed E-state index contributed by atoms with van der Waals surface area (Å²) in [5.41, 5.74) is 2.22. The highest BCUT2D eigenvalue weighted by molar-refractivity contribution is 7.20. The molecule has 3 aromatic carbocycles. The largest absolute Gasteiger partial charge is 0.347 e. The van der Waals surface area contributed by atoms with Crippen molar-refractivity contribution in [2.24, 2.45) is 0 Å². The minimum atomic E-state index is -0.160. The molecule has 0 aliphatic rings. The molecule has 0 radical (unpaired) electrons. The van der Waals surface area contributed by atoms with Gasteiger partial charge in [0, 0.05) is 22.5 Å². The van der Waals surface area contributed by atoms with Gasteiger partial charge >= 0.3 is 0 Å². The van der Waals surface area contributed by atoms with E-state index in [9.17, 15) is 9.59 Å². The Bertz CT molecular complexity index is 1100. The fourth-order valence-electron chi connectivity index (χ4n) is 2.92. The van der Waals surface area contributed by atoms with E-state index in [1.54, 1.807) is 12.1 Å². The molecule has 1 aromatic heterocycles. The molecule has 4 rings (SSSR count). The van der Waals surface area contributed by atoms with Crippen molar-refractivity contribution >= 4 is 38.9 Å². The van der Waals surface area contributed by atoms with Gasteiger partial charge in [0.2, 0.25) is 0 Å². The monoisotopic (exact) mass is 386 g/mol. The van der Waals surface area contributed by atoms with Crippen LogP contribution in [0.1, 0.15) is 25.6 Å². The first kappa shape index (κ1) is 17.9. The normalized spacial score (nSPS) is 10.6. The number of amides is 2. The molecule has 4 aromatic rings. The highest BCUT2D eigenvalue weighted by Crippen LogP contribution is 2.25. The van der Waals surface area contributed by atoms with E-state index in [0.717, 1.165) is 15.6 Å². The molecule has 0 fully saturated rings. The van der Waals surface area contributed by atoms with Crippen LogP contribution in [0.2, 0.25) is 0 Å². The summed E-state index contributed by atoms with van der Waals surface area (Å²) < 4.78 is 1.10. The molecule has 0 bridgehead atoms. The number of fused-ring (bicyclic) bond motifs is 1. The number of thiophene rings is 1. The smallest absolute Gasteiger partial charge is 0.261 e. The van der Waals surface area contributed by atoms with Crippen molar-refractivity contribution in [2.45, 2.75) is 6.54 Å². The van der Waals surface area contributed by atoms with Crippen LogP contribution in [0.5, 0.6) is 0 Å². The maximum atomic E-state index is 12.5. The van der Waals surface area contributed by atoms with Crippen LogP contribution < -0.4 is 10.6 Å². The second-order valence-electron chi connectivity index (χ2n) is 6.35. The molecule has 0 atom stereocenters. The van der Waals surface area contributed by atoms with Crippen molar-refractivity contribution in [3.05, 3.63) is 101 Å². The first-order chi connectivity index (χ1) is 13.7. The number of rotatable bonds is 5. The van der Waals surface area contributed by atoms with E-state index in [-0.39, 0.29) is 11.8 Å². The van der Waals surface area contributed by atoms with Gasteiger partial charge in [0.05, 0.1) is 4.88 Å². The molecule has 0 aliphatic carbocycles. The van der Waals surface area contributed by atoms with Gasteiger partial charge in [-0.05, 0) is 47.3 Å². The van der Waals surface area contributed by atoms with E-state index >= 15 is 0 Å². The van der Waals surface area contributed by atoms with E-state index in [2.05, 4.69) is 10.6 Å². The molecule has 0 aliphatic heterocycles. The van der Waals surface area contributed by atoms with E-state index in [4.69, 9.17) is 0 Å². The third-order valence-corrected chi connectivity index (χ3v) is 5.44. The Hall–Kier alpha value is -3.44. The second kappa shape index (κ2) is 8.06. The summed E-state index contributed by atoms with van der Waals surface area (Å²) >= 11 is 1.48. The van der Waals surface area contributed by atoms with Crippen LogP contribution in [0.15, 0.2) is 84.9 Å². The molecular formula is C23H18N2O2S. The van der Waals surface area contributed by atoms with Crippen molar-refractivity contribution < 1.29 is 9.59 Å². The molecule has 4 nitrogen and oxygen atoms in total. The predicted octanol–water partition coefficient (Wildman–Crippen LogP) is 5.08. The summed E-state index contributed by atoms with van der Waals surface area (Å²) in [6, 6.07) is 26.4. The van der Waals surface area contributed by atoms with Crippen LogP contribution in [0.4, 0.5) is 5.69 Å². The zero-order valence-corrected chi connectivity index (χ0v) is 15.8. The first-order valence-corrected chi connectivity index (χ1v) is 9.73. The number of carbonyl (C=O) groups excluding carboxylic acids is 2. The molecule has 28 heavy (non-hydrogen) atoms. The lowest BCUT2D eigenvalue weighted by molar-refractivity contribution is 0.0954. The highest BCUT2D eigenvalue weighted by atomic mass is 32.1. The zero-order chi connectivity index (χ0) is 19.3. The van der Waals surface area contributed by atoms with Gasteiger partial charge in [0.25, 0.3) is 11.8 Å². The average Bonchev–Trinajstić information content (AvgIpc) is 3.17. The molecule has 138 valence electrons. The number of benzene rings is 3. The van der Waals surface area contributed by atoms with Crippen LogP contribution in [0, 0.1) is 0 Å². The van der Waals surface area contributed by atoms with E-state index in [1.807, 2.05) is 72.8 Å². The van der Waals surface area contributed by atoms with Gasteiger partial charge in [-0.3, -0.25) is 9.59 Å². The minimum absolute atomic E-state index is 0.0973. The summed E-state index contributed by atoms with van der Waals surface area (Å²) in [5, 5.41) is 6.91. The standard InChI is InChI=1S/C23H18N2O2S/c26-22(17-8-2-1-3-9-17)25-19-11-6-7-16(13-19)15-24-23(27)21-14-18-10-4-5-12-20(18)28-21/h1-14H,15H2,(H,24,27)(H,25,26). The van der Waals surface area contributed by atoms with Gasteiger partial charge in [-0.15, -0.1) is 11.3 Å². The topological polar surface area (TPSA) is 58.2 Å². The molecule has 0 saturated heterocycles. The lowest BCUT2D eigenvalue weighted by Gasteiger charge is -2.08. The lowest BCUT2D eigenvalue weighted by atomic mass is 10.1. The van der Waals surface area contributed by atoms with Crippen molar-refractivity contribution in [3.8, 4) is 0 Å². The number of carbonyl (C=O) groups is 2. The Morgan fingerprint density at radius 2 is 1.57 bits per heavy atom. The number of anilines is 1. The third-order valence-electron chi connectivity index (χ3n) is 4.32. The molecule has 1 heterocycles. The predicted molar refractivity (Wildman–Crippen MR) is 114 cm³/mol. The molecule has 0 spiro atoms. The van der Waals surface area contributed by atoms with Gasteiger partial charge in [0.15, 0.2) is 0 Å². The lowest BCUT2D eigenvalue weighted by Crippen LogP contribution is -2.21. The van der Waals surface area contributed by atoms with E-state index in [1.165, 1.54) is 11.3 Å². The van der Waals surface area contributed by atoms with E-state index in [0.29, 0.717) is 22.7 Å². The van der Waals surface area contributed by atoms with Crippen molar-refractivity contribution in [3.63, 3.8) is 0 Å². The molecule has 2 amide bonds. The van der Waals surface area contributed by atoms with Gasteiger partial charge in [-0.25, -0.2) is 0 Å². The Kier molecular flexibility index (Phi) is 5.17. The van der Waals surface area contributed by atoms with Crippen molar-refractivity contribution in [1.29, 1.82) is 0 Å². The molecule has 0 saturated carbocycles. The fraction of sp³-hybridized carbons (Fsp3) is 0.0435. The van der Waals surface area contributed by atoms with Crippen LogP contribution in [-0.2, 0) is 6.54 Å². The maximum Gasteiger partial charge on any atom is 0.261 e. The third kappa shape index (κ3) is 4.10. The Labute approximate surface area is 166 Å². The van der Waals surface area contributed by atoms with E-state index < -0.39 is 0 Å². The number of hydrogen-bond donors (Lipinski definition) is 2. The SMILES string of the molecule is O=C(Nc1cccc(CNC(=O)c2cc3ccccc3s2)c1)c1ccccc1. The van der Waals surface area contributed by atoms with Gasteiger partial charge in [0.1, 0.15) is 0 Å². The van der Waals surface area contributed by atoms with Crippen LogP contribution in [0.25, 0.3) is 10.1 Å². The number of nitrogens with one attached hydrogen (secondary N) is 2. The van der Waals surface area contributed by atoms with Gasteiger partial charge < -0.3 is 10.6 Å². The summed E-state index contributed by atoms with van der Waals surface area (Å²) in [6.07, 6.45) is 0. The second-order valence-corrected chi connectivity index (χ2v) is 7.44. The van der Waals surface area contributed by atoms with Gasteiger partial charge in [-0.1, -0.05) is 48.5 Å². The van der Waals surface area contributed by atoms with Crippen LogP contribution in [0.3, 0.4) is 0 Å². The molecule has 0 unspecified atom stereocenters. The summed E-state index contributed by atoms with van der Waals surface area (Å²) in [6.45, 7) is 0.391. The first-order valence-electron chi connectivity index (χ1n) is 8.91. The number of hydrogen-bond acceptors (Lipinski definition) is 3. The Morgan fingerprint density at radius 3 is 2.39 bits per heavy atom. The summed E-state index contributed by atoms with van der Waals surface area (Å²) in [4.78, 5) is 25.4. The Balaban J connectivity index is 1.40. The molecular weight excluding hydrogens is 368 g/mol. The molecule has 5 heteroatoms. The summed E-state index contributed by atoms with van der Waals surface area (Å²) in [5.74, 6) is -0.257. The minimum Gasteiger partial charge on any atom is -0.347 e.